The van der Waals surface area contributed by atoms with Crippen molar-refractivity contribution in [3.05, 3.63) is 64.7 Å². The molecule has 0 radical (unpaired) electrons. The number of carbonyl (C=O) groups is 1. The molecule has 0 aliphatic rings. The van der Waals surface area contributed by atoms with Crippen molar-refractivity contribution < 1.29 is 9.90 Å². The molecular weight excluding hydrogens is 312 g/mol. The summed E-state index contributed by atoms with van der Waals surface area (Å²) in [6, 6.07) is 14.5. The number of nitrogens with zero attached hydrogens (tertiary/aromatic N) is 1. The summed E-state index contributed by atoms with van der Waals surface area (Å²) >= 11 is 5.82. The summed E-state index contributed by atoms with van der Waals surface area (Å²) in [4.78, 5) is 14.1. The third-order valence-corrected chi connectivity index (χ3v) is 3.60. The normalized spacial score (nSPS) is 12.2. The third-order valence-electron chi connectivity index (χ3n) is 3.34. The predicted octanol–water partition coefficient (Wildman–Crippen LogP) is 3.46. The van der Waals surface area contributed by atoms with Crippen LogP contribution in [0.1, 0.15) is 23.7 Å². The van der Waals surface area contributed by atoms with E-state index in [-0.39, 0.29) is 12.3 Å². The van der Waals surface area contributed by atoms with Crippen LogP contribution in [-0.4, -0.2) is 30.0 Å². The van der Waals surface area contributed by atoms with Crippen molar-refractivity contribution in [2.45, 2.75) is 19.1 Å². The number of nitrogens with one attached hydrogen (secondary N) is 1. The van der Waals surface area contributed by atoms with Gasteiger partial charge in [-0.05, 0) is 49.5 Å². The predicted molar refractivity (Wildman–Crippen MR) is 93.5 cm³/mol. The quantitative estimate of drug-likeness (QED) is 0.851. The molecule has 1 unspecified atom stereocenters. The molecule has 0 spiro atoms. The van der Waals surface area contributed by atoms with Crippen LogP contribution in [0.25, 0.3) is 0 Å². The van der Waals surface area contributed by atoms with E-state index in [1.807, 2.05) is 38.4 Å². The number of hydrogen-bond acceptors (Lipinski definition) is 3. The van der Waals surface area contributed by atoms with Gasteiger partial charge in [0, 0.05) is 17.3 Å². The van der Waals surface area contributed by atoms with Crippen molar-refractivity contribution in [3.63, 3.8) is 0 Å². The minimum absolute atomic E-state index is 0.000456. The Balaban J connectivity index is 1.95. The van der Waals surface area contributed by atoms with Crippen LogP contribution < -0.4 is 5.32 Å². The molecule has 4 nitrogen and oxygen atoms in total. The molecule has 2 rings (SSSR count). The van der Waals surface area contributed by atoms with Crippen LogP contribution in [0.3, 0.4) is 0 Å². The second-order valence-electron chi connectivity index (χ2n) is 5.76. The molecule has 2 aromatic carbocycles. The molecule has 0 saturated heterocycles. The zero-order valence-electron chi connectivity index (χ0n) is 13.3. The fraction of sp³-hybridized carbons (Fsp3) is 0.278. The highest BCUT2D eigenvalue weighted by atomic mass is 35.5. The second-order valence-corrected chi connectivity index (χ2v) is 6.19. The molecule has 23 heavy (non-hydrogen) atoms. The average Bonchev–Trinajstić information content (AvgIpc) is 2.47. The van der Waals surface area contributed by atoms with Crippen LogP contribution in [0.4, 0.5) is 5.69 Å². The van der Waals surface area contributed by atoms with Gasteiger partial charge in [-0.3, -0.25) is 4.79 Å². The van der Waals surface area contributed by atoms with Crippen LogP contribution in [0.5, 0.6) is 0 Å². The monoisotopic (exact) mass is 332 g/mol. The Hall–Kier alpha value is -1.88. The van der Waals surface area contributed by atoms with Crippen LogP contribution in [0.2, 0.25) is 5.02 Å². The first-order chi connectivity index (χ1) is 10.9. The molecule has 0 fully saturated rings. The van der Waals surface area contributed by atoms with Gasteiger partial charge in [-0.2, -0.15) is 0 Å². The van der Waals surface area contributed by atoms with Gasteiger partial charge in [0.25, 0.3) is 0 Å². The maximum atomic E-state index is 12.1. The maximum absolute atomic E-state index is 12.1. The SMILES string of the molecule is CN(C)Cc1cccc(NC(=O)CC(O)c2ccc(Cl)cc2)c1. The molecule has 1 amide bonds. The summed E-state index contributed by atoms with van der Waals surface area (Å²) in [6.07, 6.45) is -0.850. The van der Waals surface area contributed by atoms with Gasteiger partial charge in [-0.25, -0.2) is 0 Å². The van der Waals surface area contributed by atoms with Gasteiger partial charge in [0.15, 0.2) is 0 Å². The molecule has 2 aromatic rings. The van der Waals surface area contributed by atoms with Crippen LogP contribution in [-0.2, 0) is 11.3 Å². The number of benzene rings is 2. The van der Waals surface area contributed by atoms with Gasteiger partial charge in [-0.1, -0.05) is 35.9 Å². The van der Waals surface area contributed by atoms with Crippen LogP contribution in [0, 0.1) is 0 Å². The summed E-state index contributed by atoms with van der Waals surface area (Å²) in [7, 11) is 3.99. The largest absolute Gasteiger partial charge is 0.388 e. The highest BCUT2D eigenvalue weighted by Crippen LogP contribution is 2.20. The van der Waals surface area contributed by atoms with Crippen molar-refractivity contribution >= 4 is 23.2 Å². The van der Waals surface area contributed by atoms with Crippen LogP contribution in [0.15, 0.2) is 48.5 Å². The summed E-state index contributed by atoms with van der Waals surface area (Å²) in [5.41, 5.74) is 2.52. The number of rotatable bonds is 6. The van der Waals surface area contributed by atoms with E-state index in [0.29, 0.717) is 10.6 Å². The Morgan fingerprint density at radius 3 is 2.57 bits per heavy atom. The minimum atomic E-state index is -0.850. The van der Waals surface area contributed by atoms with E-state index in [1.165, 1.54) is 0 Å². The van der Waals surface area contributed by atoms with E-state index >= 15 is 0 Å². The zero-order chi connectivity index (χ0) is 16.8. The number of carbonyl (C=O) groups excluding carboxylic acids is 1. The molecule has 5 heteroatoms. The molecule has 0 aromatic heterocycles. The number of aliphatic hydroxyl groups excluding tert-OH is 1. The molecule has 2 N–H and O–H groups in total. The molecule has 0 bridgehead atoms. The Morgan fingerprint density at radius 1 is 1.22 bits per heavy atom. The van der Waals surface area contributed by atoms with Gasteiger partial charge in [0.2, 0.25) is 5.91 Å². The third kappa shape index (κ3) is 5.67. The van der Waals surface area contributed by atoms with Crippen molar-refractivity contribution in [2.24, 2.45) is 0 Å². The summed E-state index contributed by atoms with van der Waals surface area (Å²) < 4.78 is 0. The number of hydrogen-bond donors (Lipinski definition) is 2. The molecule has 0 aliphatic carbocycles. The maximum Gasteiger partial charge on any atom is 0.227 e. The van der Waals surface area contributed by atoms with E-state index < -0.39 is 6.10 Å². The van der Waals surface area contributed by atoms with E-state index in [0.717, 1.165) is 17.8 Å². The highest BCUT2D eigenvalue weighted by molar-refractivity contribution is 6.30. The van der Waals surface area contributed by atoms with Crippen molar-refractivity contribution in [3.8, 4) is 0 Å². The van der Waals surface area contributed by atoms with E-state index in [2.05, 4.69) is 10.2 Å². The smallest absolute Gasteiger partial charge is 0.227 e. The summed E-state index contributed by atoms with van der Waals surface area (Å²) in [6.45, 7) is 0.803. The molecular formula is C18H21ClN2O2. The zero-order valence-corrected chi connectivity index (χ0v) is 14.0. The molecule has 1 atom stereocenters. The number of anilines is 1. The molecule has 0 aliphatic heterocycles. The first-order valence-corrected chi connectivity index (χ1v) is 7.79. The lowest BCUT2D eigenvalue weighted by molar-refractivity contribution is -0.118. The lowest BCUT2D eigenvalue weighted by Gasteiger charge is -2.13. The molecule has 0 heterocycles. The lowest BCUT2D eigenvalue weighted by Crippen LogP contribution is -2.16. The Kier molecular flexibility index (Phi) is 6.16. The van der Waals surface area contributed by atoms with E-state index in [1.54, 1.807) is 24.3 Å². The van der Waals surface area contributed by atoms with Gasteiger partial charge in [0.1, 0.15) is 0 Å². The molecule has 122 valence electrons. The highest BCUT2D eigenvalue weighted by Gasteiger charge is 2.13. The lowest BCUT2D eigenvalue weighted by atomic mass is 10.1. The average molecular weight is 333 g/mol. The fourth-order valence-corrected chi connectivity index (χ4v) is 2.43. The summed E-state index contributed by atoms with van der Waals surface area (Å²) in [5, 5.41) is 13.5. The van der Waals surface area contributed by atoms with Gasteiger partial charge in [-0.15, -0.1) is 0 Å². The Morgan fingerprint density at radius 2 is 1.91 bits per heavy atom. The number of halogens is 1. The second kappa shape index (κ2) is 8.11. The van der Waals surface area contributed by atoms with Crippen molar-refractivity contribution in [1.82, 2.24) is 4.90 Å². The Bertz CT molecular complexity index is 656. The van der Waals surface area contributed by atoms with E-state index in [4.69, 9.17) is 11.6 Å². The molecule has 0 saturated carbocycles. The van der Waals surface area contributed by atoms with E-state index in [9.17, 15) is 9.90 Å². The standard InChI is InChI=1S/C18H21ClN2O2/c1-21(2)12-13-4-3-5-16(10-13)20-18(23)11-17(22)14-6-8-15(19)9-7-14/h3-10,17,22H,11-12H2,1-2H3,(H,20,23). The topological polar surface area (TPSA) is 52.6 Å². The number of amides is 1. The fourth-order valence-electron chi connectivity index (χ4n) is 2.30. The first kappa shape index (κ1) is 17.5. The van der Waals surface area contributed by atoms with Crippen LogP contribution >= 0.6 is 11.6 Å². The minimum Gasteiger partial charge on any atom is -0.388 e. The van der Waals surface area contributed by atoms with Gasteiger partial charge >= 0.3 is 0 Å². The summed E-state index contributed by atoms with van der Waals surface area (Å²) in [5.74, 6) is -0.227. The Labute approximate surface area is 141 Å². The first-order valence-electron chi connectivity index (χ1n) is 7.41. The number of aliphatic hydroxyl groups is 1. The van der Waals surface area contributed by atoms with Gasteiger partial charge < -0.3 is 15.3 Å². The van der Waals surface area contributed by atoms with Crippen molar-refractivity contribution in [2.75, 3.05) is 19.4 Å². The van der Waals surface area contributed by atoms with Gasteiger partial charge in [0.05, 0.1) is 12.5 Å². The van der Waals surface area contributed by atoms with Crippen molar-refractivity contribution in [1.29, 1.82) is 0 Å².